The van der Waals surface area contributed by atoms with Gasteiger partial charge in [0, 0.05) is 23.7 Å². The molecule has 2 amide bonds. The summed E-state index contributed by atoms with van der Waals surface area (Å²) in [4.78, 5) is 17.5. The van der Waals surface area contributed by atoms with E-state index in [1.807, 2.05) is 134 Å². The lowest BCUT2D eigenvalue weighted by Gasteiger charge is -2.41. The number of imidazole rings is 1. The van der Waals surface area contributed by atoms with Crippen molar-refractivity contribution in [1.82, 2.24) is 14.9 Å². The molecular formula is C46H42N4O5. The summed E-state index contributed by atoms with van der Waals surface area (Å²) in [6.45, 7) is 3.11. The van der Waals surface area contributed by atoms with Gasteiger partial charge in [-0.2, -0.15) is 0 Å². The van der Waals surface area contributed by atoms with Gasteiger partial charge in [-0.3, -0.25) is 0 Å². The average Bonchev–Trinajstić information content (AvgIpc) is 3.64. The highest BCUT2D eigenvalue weighted by Crippen LogP contribution is 2.42. The zero-order valence-electron chi connectivity index (χ0n) is 30.4. The van der Waals surface area contributed by atoms with Crippen LogP contribution in [0.1, 0.15) is 41.6 Å². The van der Waals surface area contributed by atoms with Gasteiger partial charge in [-0.05, 0) is 76.3 Å². The number of nitrogens with one attached hydrogen (secondary N) is 2. The van der Waals surface area contributed by atoms with Crippen molar-refractivity contribution in [1.29, 1.82) is 0 Å². The number of fused-ring (bicyclic) bond motifs is 1. The van der Waals surface area contributed by atoms with Crippen molar-refractivity contribution in [3.8, 4) is 22.6 Å². The van der Waals surface area contributed by atoms with Crippen LogP contribution in [0, 0.1) is 5.92 Å². The Bertz CT molecular complexity index is 2340. The largest absolute Gasteiger partial charge is 0.457 e. The number of ether oxygens (including phenoxy) is 3. The molecule has 8 rings (SSSR count). The van der Waals surface area contributed by atoms with Crippen molar-refractivity contribution < 1.29 is 24.1 Å². The molecule has 276 valence electrons. The summed E-state index contributed by atoms with van der Waals surface area (Å²) < 4.78 is 21.5. The van der Waals surface area contributed by atoms with E-state index in [1.165, 1.54) is 0 Å². The summed E-state index contributed by atoms with van der Waals surface area (Å²) in [7, 11) is 0. The van der Waals surface area contributed by atoms with E-state index in [4.69, 9.17) is 14.2 Å². The molecule has 0 bridgehead atoms. The lowest BCUT2D eigenvalue weighted by atomic mass is 9.90. The van der Waals surface area contributed by atoms with Gasteiger partial charge in [0.1, 0.15) is 11.5 Å². The minimum Gasteiger partial charge on any atom is -0.457 e. The number of carbonyl (C=O) groups is 1. The van der Waals surface area contributed by atoms with Crippen LogP contribution in [0.15, 0.2) is 158 Å². The SMILES string of the molecule is C[C@@H]1[C@H](Cn2cnc3ccccc32)O[C@H](c2ccc(-c3ccccc3CNC(=O)Nc3ccc(Oc4ccccc4)cc3)cc2)O[C@@H]1c1ccc(CO)cc1. The van der Waals surface area contributed by atoms with Crippen LogP contribution < -0.4 is 15.4 Å². The van der Waals surface area contributed by atoms with Crippen LogP contribution >= 0.6 is 0 Å². The highest BCUT2D eigenvalue weighted by Gasteiger charge is 2.38. The average molecular weight is 731 g/mol. The third-order valence-electron chi connectivity index (χ3n) is 10.1. The fourth-order valence-electron chi connectivity index (χ4n) is 7.04. The van der Waals surface area contributed by atoms with Gasteiger partial charge in [0.05, 0.1) is 42.7 Å². The number of para-hydroxylation sites is 3. The van der Waals surface area contributed by atoms with E-state index < -0.39 is 6.29 Å². The molecule has 55 heavy (non-hydrogen) atoms. The van der Waals surface area contributed by atoms with Gasteiger partial charge in [-0.1, -0.05) is 110 Å². The smallest absolute Gasteiger partial charge is 0.319 e. The Kier molecular flexibility index (Phi) is 10.7. The van der Waals surface area contributed by atoms with E-state index in [9.17, 15) is 9.90 Å². The first-order chi connectivity index (χ1) is 27.0. The third kappa shape index (κ3) is 8.29. The molecule has 0 saturated carbocycles. The monoisotopic (exact) mass is 730 g/mol. The molecule has 9 nitrogen and oxygen atoms in total. The van der Waals surface area contributed by atoms with Gasteiger partial charge in [0.2, 0.25) is 0 Å². The summed E-state index contributed by atoms with van der Waals surface area (Å²) in [6.07, 6.45) is 0.870. The van der Waals surface area contributed by atoms with E-state index >= 15 is 0 Å². The number of carbonyl (C=O) groups excluding carboxylic acids is 1. The quantitative estimate of drug-likeness (QED) is 0.122. The molecule has 1 saturated heterocycles. The van der Waals surface area contributed by atoms with Gasteiger partial charge in [0.25, 0.3) is 0 Å². The Morgan fingerprint density at radius 1 is 0.764 bits per heavy atom. The van der Waals surface area contributed by atoms with Gasteiger partial charge in [-0.25, -0.2) is 9.78 Å². The minimum atomic E-state index is -0.605. The second-order valence-corrected chi connectivity index (χ2v) is 13.7. The van der Waals surface area contributed by atoms with Crippen molar-refractivity contribution in [3.63, 3.8) is 0 Å². The Balaban J connectivity index is 0.957. The molecule has 3 N–H and O–H groups in total. The molecule has 1 aliphatic heterocycles. The minimum absolute atomic E-state index is 0.0113. The van der Waals surface area contributed by atoms with Crippen molar-refractivity contribution in [2.24, 2.45) is 5.92 Å². The second kappa shape index (κ2) is 16.4. The Morgan fingerprint density at radius 2 is 1.45 bits per heavy atom. The summed E-state index contributed by atoms with van der Waals surface area (Å²) in [5, 5.41) is 15.5. The van der Waals surface area contributed by atoms with Crippen LogP contribution in [0.4, 0.5) is 10.5 Å². The van der Waals surface area contributed by atoms with Crippen LogP contribution in [-0.4, -0.2) is 26.8 Å². The van der Waals surface area contributed by atoms with Crippen LogP contribution in [0.25, 0.3) is 22.2 Å². The summed E-state index contributed by atoms with van der Waals surface area (Å²) in [6, 6.07) is 48.9. The summed E-state index contributed by atoms with van der Waals surface area (Å²) in [5.74, 6) is 1.46. The third-order valence-corrected chi connectivity index (χ3v) is 10.1. The molecule has 0 radical (unpaired) electrons. The summed E-state index contributed by atoms with van der Waals surface area (Å²) in [5.41, 5.74) is 8.47. The molecule has 0 aliphatic carbocycles. The maximum absolute atomic E-state index is 12.9. The van der Waals surface area contributed by atoms with Crippen molar-refractivity contribution in [2.45, 2.75) is 45.1 Å². The lowest BCUT2D eigenvalue weighted by Crippen LogP contribution is -2.39. The zero-order chi connectivity index (χ0) is 37.6. The van der Waals surface area contributed by atoms with E-state index in [0.29, 0.717) is 24.5 Å². The second-order valence-electron chi connectivity index (χ2n) is 13.7. The topological polar surface area (TPSA) is 107 Å². The predicted molar refractivity (Wildman–Crippen MR) is 213 cm³/mol. The maximum Gasteiger partial charge on any atom is 0.319 e. The number of aromatic nitrogens is 2. The predicted octanol–water partition coefficient (Wildman–Crippen LogP) is 9.80. The van der Waals surface area contributed by atoms with Crippen LogP contribution in [0.5, 0.6) is 11.5 Å². The van der Waals surface area contributed by atoms with Gasteiger partial charge in [-0.15, -0.1) is 0 Å². The van der Waals surface area contributed by atoms with Crippen molar-refractivity contribution in [2.75, 3.05) is 5.32 Å². The Labute approximate surface area is 320 Å². The van der Waals surface area contributed by atoms with Crippen LogP contribution in [0.2, 0.25) is 0 Å². The van der Waals surface area contributed by atoms with E-state index in [0.717, 1.165) is 50.2 Å². The lowest BCUT2D eigenvalue weighted by molar-refractivity contribution is -0.276. The Morgan fingerprint density at radius 3 is 2.24 bits per heavy atom. The summed E-state index contributed by atoms with van der Waals surface area (Å²) >= 11 is 0. The molecule has 0 unspecified atom stereocenters. The van der Waals surface area contributed by atoms with Gasteiger partial charge in [0.15, 0.2) is 6.29 Å². The van der Waals surface area contributed by atoms with E-state index in [-0.39, 0.29) is 30.8 Å². The van der Waals surface area contributed by atoms with Gasteiger partial charge < -0.3 is 34.5 Å². The standard InChI is InChI=1S/C46H42N4O5/c1-31-43(28-50-30-48-41-13-7-8-14-42(41)50)54-45(55-44(31)34-17-15-32(29-51)16-18-34)35-21-19-33(20-22-35)40-12-6-5-9-36(40)27-47-46(52)49-37-23-25-39(26-24-37)53-38-10-3-2-4-11-38/h2-26,30-31,43-45,51H,27-29H2,1H3,(H2,47,49,52)/t31-,43+,44+,45+/m1/s1. The number of benzene rings is 6. The first kappa shape index (κ1) is 35.8. The van der Waals surface area contributed by atoms with Crippen molar-refractivity contribution in [3.05, 3.63) is 180 Å². The number of urea groups is 1. The Hall–Kier alpha value is -6.26. The molecule has 1 aliphatic rings. The number of anilines is 1. The van der Waals surface area contributed by atoms with E-state index in [1.54, 1.807) is 0 Å². The maximum atomic E-state index is 12.9. The van der Waals surface area contributed by atoms with Gasteiger partial charge >= 0.3 is 6.03 Å². The highest BCUT2D eigenvalue weighted by molar-refractivity contribution is 5.89. The first-order valence-electron chi connectivity index (χ1n) is 18.5. The van der Waals surface area contributed by atoms with Crippen molar-refractivity contribution >= 4 is 22.8 Å². The highest BCUT2D eigenvalue weighted by atomic mass is 16.7. The molecule has 7 aromatic rings. The molecule has 2 heterocycles. The zero-order valence-corrected chi connectivity index (χ0v) is 30.4. The number of nitrogens with zero attached hydrogens (tertiary/aromatic N) is 2. The molecule has 9 heteroatoms. The van der Waals surface area contributed by atoms with Crippen LogP contribution in [-0.2, 0) is 29.2 Å². The number of aliphatic hydroxyl groups is 1. The normalized spacial score (nSPS) is 18.1. The number of aliphatic hydroxyl groups excluding tert-OH is 1. The molecule has 1 aromatic heterocycles. The number of amides is 2. The fourth-order valence-corrected chi connectivity index (χ4v) is 7.04. The fraction of sp³-hybridized carbons (Fsp3) is 0.174. The molecule has 6 aromatic carbocycles. The number of hydrogen-bond donors (Lipinski definition) is 3. The molecular weight excluding hydrogens is 689 g/mol. The number of rotatable bonds is 11. The van der Waals surface area contributed by atoms with E-state index in [2.05, 4.69) is 51.4 Å². The van der Waals surface area contributed by atoms with Crippen LogP contribution in [0.3, 0.4) is 0 Å². The molecule has 0 spiro atoms. The first-order valence-corrected chi connectivity index (χ1v) is 18.5. The molecule has 1 fully saturated rings. The number of hydrogen-bond acceptors (Lipinski definition) is 6. The molecule has 4 atom stereocenters.